The Hall–Kier alpha value is -3.76. The van der Waals surface area contributed by atoms with E-state index in [1.165, 1.54) is 12.3 Å². The standard InChI is InChI=1S/C19H23N7O7S2/c1-9-7-11(16(20)21)3-4-13(9)32-5-6-33-25-15(12-8-34-19(22)23-12)17(27)24-14-10(2)26(18(14)28)35(29,30)31/h3-4,7-8,10,14H,5-6H2,1-2H3,(H3,20,21)(H2,22,23)(H,24,27)(H,29,30,31). The quantitative estimate of drug-likeness (QED) is 0.0676. The van der Waals surface area contributed by atoms with Gasteiger partial charge in [0.25, 0.3) is 11.8 Å². The highest BCUT2D eigenvalue weighted by molar-refractivity contribution is 7.84. The number of anilines is 1. The number of carbonyl (C=O) groups excluding carboxylic acids is 2. The second-order valence-electron chi connectivity index (χ2n) is 7.39. The van der Waals surface area contributed by atoms with Crippen LogP contribution in [0, 0.1) is 12.3 Å². The first-order chi connectivity index (χ1) is 16.4. The first-order valence-electron chi connectivity index (χ1n) is 10.0. The van der Waals surface area contributed by atoms with E-state index >= 15 is 0 Å². The number of benzene rings is 1. The Kier molecular flexibility index (Phi) is 7.57. The maximum Gasteiger partial charge on any atom is 0.362 e. The average Bonchev–Trinajstić information content (AvgIpc) is 3.20. The second kappa shape index (κ2) is 10.2. The first-order valence-corrected chi connectivity index (χ1v) is 12.3. The van der Waals surface area contributed by atoms with E-state index in [1.807, 2.05) is 0 Å². The van der Waals surface area contributed by atoms with Gasteiger partial charge in [0.05, 0.1) is 6.04 Å². The molecule has 7 N–H and O–H groups in total. The normalized spacial score (nSPS) is 18.1. The number of β-lactam (4-membered cyclic amide) rings is 1. The zero-order chi connectivity index (χ0) is 25.9. The van der Waals surface area contributed by atoms with Crippen molar-refractivity contribution in [3.8, 4) is 5.75 Å². The summed E-state index contributed by atoms with van der Waals surface area (Å²) in [5.74, 6) is -1.36. The van der Waals surface area contributed by atoms with E-state index in [1.54, 1.807) is 25.1 Å². The number of hydrogen-bond acceptors (Lipinski definition) is 11. The lowest BCUT2D eigenvalue weighted by Gasteiger charge is -2.42. The summed E-state index contributed by atoms with van der Waals surface area (Å²) in [5.41, 5.74) is 12.2. The van der Waals surface area contributed by atoms with Gasteiger partial charge in [-0.1, -0.05) is 5.16 Å². The van der Waals surface area contributed by atoms with E-state index in [-0.39, 0.29) is 39.9 Å². The van der Waals surface area contributed by atoms with Gasteiger partial charge in [0.2, 0.25) is 0 Å². The molecule has 2 aromatic rings. The number of nitrogens with zero attached hydrogens (tertiary/aromatic N) is 3. The van der Waals surface area contributed by atoms with Gasteiger partial charge >= 0.3 is 10.3 Å². The highest BCUT2D eigenvalue weighted by Crippen LogP contribution is 2.23. The Morgan fingerprint density at radius 2 is 2.11 bits per heavy atom. The molecular formula is C19H23N7O7S2. The van der Waals surface area contributed by atoms with Crippen LogP contribution in [-0.2, 0) is 24.7 Å². The molecular weight excluding hydrogens is 502 g/mol. The molecule has 1 fully saturated rings. The zero-order valence-corrected chi connectivity index (χ0v) is 20.2. The molecule has 14 nitrogen and oxygen atoms in total. The van der Waals surface area contributed by atoms with Gasteiger partial charge in [-0.15, -0.1) is 11.3 Å². The average molecular weight is 526 g/mol. The molecule has 0 aliphatic carbocycles. The van der Waals surface area contributed by atoms with Crippen LogP contribution in [0.3, 0.4) is 0 Å². The van der Waals surface area contributed by atoms with E-state index in [0.29, 0.717) is 11.3 Å². The molecule has 1 aromatic carbocycles. The van der Waals surface area contributed by atoms with Crippen LogP contribution >= 0.6 is 11.3 Å². The van der Waals surface area contributed by atoms with Crippen LogP contribution in [0.2, 0.25) is 0 Å². The zero-order valence-electron chi connectivity index (χ0n) is 18.6. The Morgan fingerprint density at radius 3 is 2.66 bits per heavy atom. The molecule has 2 heterocycles. The molecule has 3 rings (SSSR count). The van der Waals surface area contributed by atoms with Gasteiger partial charge < -0.3 is 26.4 Å². The van der Waals surface area contributed by atoms with E-state index in [2.05, 4.69) is 15.5 Å². The second-order valence-corrected chi connectivity index (χ2v) is 9.57. The number of carbonyl (C=O) groups is 2. The summed E-state index contributed by atoms with van der Waals surface area (Å²) >= 11 is 1.05. The smallest absolute Gasteiger partial charge is 0.362 e. The maximum atomic E-state index is 12.8. The van der Waals surface area contributed by atoms with Crippen molar-refractivity contribution in [3.05, 3.63) is 40.4 Å². The molecule has 0 bridgehead atoms. The van der Waals surface area contributed by atoms with Crippen LogP contribution in [0.4, 0.5) is 5.13 Å². The number of oxime groups is 1. The molecule has 0 spiro atoms. The molecule has 0 saturated carbocycles. The number of hydrogen-bond donors (Lipinski definition) is 5. The highest BCUT2D eigenvalue weighted by Gasteiger charge is 2.51. The fraction of sp³-hybridized carbons (Fsp3) is 0.316. The Morgan fingerprint density at radius 1 is 1.40 bits per heavy atom. The number of rotatable bonds is 10. The van der Waals surface area contributed by atoms with Gasteiger partial charge in [-0.3, -0.25) is 19.6 Å². The number of thiazole rings is 1. The molecule has 1 saturated heterocycles. The Balaban J connectivity index is 1.64. The molecule has 35 heavy (non-hydrogen) atoms. The van der Waals surface area contributed by atoms with Crippen LogP contribution < -0.4 is 21.5 Å². The van der Waals surface area contributed by atoms with E-state index in [4.69, 9.17) is 31.0 Å². The van der Waals surface area contributed by atoms with E-state index < -0.39 is 34.2 Å². The predicted octanol–water partition coefficient (Wildman–Crippen LogP) is -0.364. The minimum absolute atomic E-state index is 0.0560. The topological polar surface area (TPSA) is 223 Å². The van der Waals surface area contributed by atoms with Gasteiger partial charge in [0.1, 0.15) is 29.9 Å². The lowest BCUT2D eigenvalue weighted by Crippen LogP contribution is -2.71. The molecule has 1 aliphatic rings. The van der Waals surface area contributed by atoms with Gasteiger partial charge in [-0.05, 0) is 37.6 Å². The SMILES string of the molecule is Cc1cc(C(=N)N)ccc1OCCON=C(C(=O)NC1C(=O)N(S(=O)(=O)O)C1C)c1csc(N)n1. The Labute approximate surface area is 204 Å². The number of amides is 2. The lowest BCUT2D eigenvalue weighted by molar-refractivity contribution is -0.143. The molecule has 16 heteroatoms. The molecule has 0 radical (unpaired) electrons. The van der Waals surface area contributed by atoms with Crippen LogP contribution in [0.15, 0.2) is 28.7 Å². The van der Waals surface area contributed by atoms with Gasteiger partial charge in [-0.2, -0.15) is 8.42 Å². The lowest BCUT2D eigenvalue weighted by atomic mass is 10.0. The number of nitrogens with two attached hydrogens (primary N) is 2. The summed E-state index contributed by atoms with van der Waals surface area (Å²) in [6.45, 7) is 3.15. The van der Waals surface area contributed by atoms with Crippen molar-refractivity contribution < 1.29 is 32.1 Å². The number of nitrogen functional groups attached to an aromatic ring is 2. The molecule has 2 amide bonds. The predicted molar refractivity (Wildman–Crippen MR) is 126 cm³/mol. The minimum atomic E-state index is -4.74. The van der Waals surface area contributed by atoms with Crippen molar-refractivity contribution >= 4 is 50.1 Å². The fourth-order valence-corrected chi connectivity index (χ4v) is 4.62. The summed E-state index contributed by atoms with van der Waals surface area (Å²) in [6, 6.07) is 2.81. The number of amidine groups is 1. The molecule has 1 aromatic heterocycles. The van der Waals surface area contributed by atoms with Crippen molar-refractivity contribution in [2.45, 2.75) is 25.9 Å². The van der Waals surface area contributed by atoms with Crippen molar-refractivity contribution in [1.29, 1.82) is 5.41 Å². The fourth-order valence-electron chi connectivity index (χ4n) is 3.19. The number of ether oxygens (including phenoxy) is 1. The third-order valence-corrected chi connectivity index (χ3v) is 6.61. The van der Waals surface area contributed by atoms with Gasteiger partial charge in [-0.25, -0.2) is 9.29 Å². The molecule has 188 valence electrons. The monoisotopic (exact) mass is 525 g/mol. The number of aromatic nitrogens is 1. The third kappa shape index (κ3) is 5.84. The number of nitrogens with one attached hydrogen (secondary N) is 2. The summed E-state index contributed by atoms with van der Waals surface area (Å²) in [4.78, 5) is 34.0. The van der Waals surface area contributed by atoms with Crippen LogP contribution in [0.25, 0.3) is 0 Å². The summed E-state index contributed by atoms with van der Waals surface area (Å²) in [5, 5.41) is 15.3. The van der Waals surface area contributed by atoms with Crippen molar-refractivity contribution in [2.75, 3.05) is 18.9 Å². The first kappa shape index (κ1) is 25.9. The maximum absolute atomic E-state index is 12.8. The molecule has 2 unspecified atom stereocenters. The Bertz CT molecular complexity index is 1290. The van der Waals surface area contributed by atoms with E-state index in [9.17, 15) is 18.0 Å². The largest absolute Gasteiger partial charge is 0.490 e. The van der Waals surface area contributed by atoms with Crippen LogP contribution in [0.5, 0.6) is 5.75 Å². The highest BCUT2D eigenvalue weighted by atomic mass is 32.2. The van der Waals surface area contributed by atoms with Gasteiger partial charge in [0, 0.05) is 10.9 Å². The van der Waals surface area contributed by atoms with Crippen molar-refractivity contribution in [1.82, 2.24) is 14.6 Å². The van der Waals surface area contributed by atoms with Crippen molar-refractivity contribution in [3.63, 3.8) is 0 Å². The number of aryl methyl sites for hydroxylation is 1. The molecule has 2 atom stereocenters. The third-order valence-electron chi connectivity index (χ3n) is 4.92. The minimum Gasteiger partial charge on any atom is -0.490 e. The van der Waals surface area contributed by atoms with E-state index in [0.717, 1.165) is 16.9 Å². The summed E-state index contributed by atoms with van der Waals surface area (Å²) in [6.07, 6.45) is 0. The summed E-state index contributed by atoms with van der Waals surface area (Å²) < 4.78 is 37.5. The molecule has 1 aliphatic heterocycles. The van der Waals surface area contributed by atoms with Crippen molar-refractivity contribution in [2.24, 2.45) is 10.9 Å². The van der Waals surface area contributed by atoms with Crippen LogP contribution in [0.1, 0.15) is 23.7 Å². The summed E-state index contributed by atoms with van der Waals surface area (Å²) in [7, 11) is -4.74. The van der Waals surface area contributed by atoms with Gasteiger partial charge in [0.15, 0.2) is 17.5 Å². The van der Waals surface area contributed by atoms with Crippen LogP contribution in [-0.4, -0.2) is 70.9 Å².